The van der Waals surface area contributed by atoms with Crippen LogP contribution in [-0.2, 0) is 0 Å². The molecule has 0 aliphatic carbocycles. The lowest BCUT2D eigenvalue weighted by molar-refractivity contribution is 0.138. The zero-order chi connectivity index (χ0) is 11.1. The quantitative estimate of drug-likeness (QED) is 0.781. The Morgan fingerprint density at radius 2 is 1.87 bits per heavy atom. The van der Waals surface area contributed by atoms with Crippen molar-refractivity contribution >= 4 is 11.8 Å². The maximum Gasteiger partial charge on any atom is 0.0432 e. The number of thioether (sulfide) groups is 1. The molecule has 0 radical (unpaired) electrons. The van der Waals surface area contributed by atoms with E-state index in [1.54, 1.807) is 0 Å². The van der Waals surface area contributed by atoms with Gasteiger partial charge in [-0.25, -0.2) is 0 Å². The third-order valence-corrected chi connectivity index (χ3v) is 5.78. The van der Waals surface area contributed by atoms with E-state index < -0.39 is 0 Å². The minimum absolute atomic E-state index is 0.323. The number of rotatable bonds is 2. The van der Waals surface area contributed by atoms with Gasteiger partial charge < -0.3 is 5.73 Å². The second-order valence-corrected chi connectivity index (χ2v) is 7.04. The zero-order valence-electron chi connectivity index (χ0n) is 10.2. The van der Waals surface area contributed by atoms with Crippen LogP contribution < -0.4 is 5.73 Å². The summed E-state index contributed by atoms with van der Waals surface area (Å²) >= 11 is 2.10. The molecule has 2 aliphatic rings. The largest absolute Gasteiger partial charge is 0.329 e. The molecule has 0 bridgehead atoms. The summed E-state index contributed by atoms with van der Waals surface area (Å²) in [5, 5.41) is 0.791. The number of hydrogen-bond acceptors (Lipinski definition) is 3. The van der Waals surface area contributed by atoms with E-state index in [0.29, 0.717) is 5.54 Å². The zero-order valence-corrected chi connectivity index (χ0v) is 11.0. The lowest BCUT2D eigenvalue weighted by Crippen LogP contribution is -2.53. The van der Waals surface area contributed by atoms with Crippen LogP contribution in [0.1, 0.15) is 27.2 Å². The van der Waals surface area contributed by atoms with Crippen LogP contribution in [-0.4, -0.2) is 41.1 Å². The molecule has 0 aromatic carbocycles. The Bertz CT molecular complexity index is 224. The Morgan fingerprint density at radius 3 is 2.27 bits per heavy atom. The Balaban J connectivity index is 2.08. The average molecular weight is 228 g/mol. The van der Waals surface area contributed by atoms with Gasteiger partial charge in [0.15, 0.2) is 0 Å². The highest BCUT2D eigenvalue weighted by atomic mass is 32.2. The summed E-state index contributed by atoms with van der Waals surface area (Å²) in [5.74, 6) is 2.92. The van der Waals surface area contributed by atoms with Gasteiger partial charge in [0.2, 0.25) is 0 Å². The third kappa shape index (κ3) is 2.06. The SMILES string of the molecule is CC1CC(CN)(N2CC(C)C(C)C2)CS1. The predicted molar refractivity (Wildman–Crippen MR) is 68.2 cm³/mol. The summed E-state index contributed by atoms with van der Waals surface area (Å²) in [5.41, 5.74) is 6.37. The predicted octanol–water partition coefficient (Wildman–Crippen LogP) is 1.80. The number of nitrogens with two attached hydrogens (primary N) is 1. The molecule has 0 spiro atoms. The van der Waals surface area contributed by atoms with Crippen molar-refractivity contribution in [3.63, 3.8) is 0 Å². The lowest BCUT2D eigenvalue weighted by Gasteiger charge is -2.37. The van der Waals surface area contributed by atoms with E-state index in [4.69, 9.17) is 5.73 Å². The monoisotopic (exact) mass is 228 g/mol. The minimum atomic E-state index is 0.323. The number of likely N-dealkylation sites (tertiary alicyclic amines) is 1. The van der Waals surface area contributed by atoms with Gasteiger partial charge in [-0.15, -0.1) is 0 Å². The molecule has 4 unspecified atom stereocenters. The number of nitrogens with zero attached hydrogens (tertiary/aromatic N) is 1. The first kappa shape index (κ1) is 11.7. The fraction of sp³-hybridized carbons (Fsp3) is 1.00. The summed E-state index contributed by atoms with van der Waals surface area (Å²) in [7, 11) is 0. The van der Waals surface area contributed by atoms with Crippen molar-refractivity contribution in [2.75, 3.05) is 25.4 Å². The van der Waals surface area contributed by atoms with Gasteiger partial charge in [0.1, 0.15) is 0 Å². The van der Waals surface area contributed by atoms with Gasteiger partial charge in [-0.3, -0.25) is 4.90 Å². The number of hydrogen-bond donors (Lipinski definition) is 1. The van der Waals surface area contributed by atoms with Crippen molar-refractivity contribution in [2.45, 2.75) is 38.0 Å². The van der Waals surface area contributed by atoms with E-state index >= 15 is 0 Å². The molecule has 2 heterocycles. The summed E-state index contributed by atoms with van der Waals surface area (Å²) in [6, 6.07) is 0. The Kier molecular flexibility index (Phi) is 3.34. The molecule has 3 heteroatoms. The van der Waals surface area contributed by atoms with Crippen molar-refractivity contribution in [2.24, 2.45) is 17.6 Å². The van der Waals surface area contributed by atoms with Crippen LogP contribution in [0.3, 0.4) is 0 Å². The van der Waals surface area contributed by atoms with Crippen molar-refractivity contribution in [1.82, 2.24) is 4.90 Å². The van der Waals surface area contributed by atoms with Gasteiger partial charge in [-0.1, -0.05) is 20.8 Å². The lowest BCUT2D eigenvalue weighted by atomic mass is 9.94. The Labute approximate surface area is 98.0 Å². The normalized spacial score (nSPS) is 47.6. The highest BCUT2D eigenvalue weighted by molar-refractivity contribution is 8.00. The second kappa shape index (κ2) is 4.27. The van der Waals surface area contributed by atoms with E-state index in [-0.39, 0.29) is 0 Å². The van der Waals surface area contributed by atoms with Crippen LogP contribution in [0.15, 0.2) is 0 Å². The van der Waals surface area contributed by atoms with Crippen LogP contribution in [0.25, 0.3) is 0 Å². The molecule has 0 amide bonds. The highest BCUT2D eigenvalue weighted by Gasteiger charge is 2.45. The topological polar surface area (TPSA) is 29.3 Å². The van der Waals surface area contributed by atoms with E-state index in [1.807, 2.05) is 0 Å². The fourth-order valence-electron chi connectivity index (χ4n) is 2.96. The first-order valence-electron chi connectivity index (χ1n) is 6.14. The highest BCUT2D eigenvalue weighted by Crippen LogP contribution is 2.41. The van der Waals surface area contributed by atoms with Crippen LogP contribution in [0, 0.1) is 11.8 Å². The van der Waals surface area contributed by atoms with Gasteiger partial charge in [-0.05, 0) is 18.3 Å². The average Bonchev–Trinajstić information content (AvgIpc) is 2.73. The first-order valence-corrected chi connectivity index (χ1v) is 7.19. The molecular weight excluding hydrogens is 204 g/mol. The van der Waals surface area contributed by atoms with Crippen LogP contribution >= 0.6 is 11.8 Å². The van der Waals surface area contributed by atoms with Gasteiger partial charge in [-0.2, -0.15) is 11.8 Å². The molecule has 2 aliphatic heterocycles. The van der Waals surface area contributed by atoms with Gasteiger partial charge in [0.05, 0.1) is 0 Å². The molecule has 2 N–H and O–H groups in total. The first-order chi connectivity index (χ1) is 7.07. The maximum atomic E-state index is 6.05. The van der Waals surface area contributed by atoms with Crippen molar-refractivity contribution in [1.29, 1.82) is 0 Å². The Hall–Kier alpha value is 0.270. The third-order valence-electron chi connectivity index (χ3n) is 4.34. The molecule has 0 saturated carbocycles. The summed E-state index contributed by atoms with van der Waals surface area (Å²) < 4.78 is 0. The second-order valence-electron chi connectivity index (χ2n) is 5.61. The molecular formula is C12H24N2S. The molecule has 0 aromatic rings. The summed E-state index contributed by atoms with van der Waals surface area (Å²) in [4.78, 5) is 2.68. The molecule has 2 saturated heterocycles. The minimum Gasteiger partial charge on any atom is -0.329 e. The maximum absolute atomic E-state index is 6.05. The fourth-order valence-corrected chi connectivity index (χ4v) is 4.40. The van der Waals surface area contributed by atoms with Gasteiger partial charge in [0.25, 0.3) is 0 Å². The van der Waals surface area contributed by atoms with E-state index in [9.17, 15) is 0 Å². The van der Waals surface area contributed by atoms with Crippen LogP contribution in [0.4, 0.5) is 0 Å². The van der Waals surface area contributed by atoms with Crippen molar-refractivity contribution in [3.05, 3.63) is 0 Å². The van der Waals surface area contributed by atoms with Crippen molar-refractivity contribution < 1.29 is 0 Å². The van der Waals surface area contributed by atoms with Crippen LogP contribution in [0.2, 0.25) is 0 Å². The van der Waals surface area contributed by atoms with Crippen molar-refractivity contribution in [3.8, 4) is 0 Å². The molecule has 2 fully saturated rings. The van der Waals surface area contributed by atoms with Crippen LogP contribution in [0.5, 0.6) is 0 Å². The molecule has 88 valence electrons. The van der Waals surface area contributed by atoms with E-state index in [0.717, 1.165) is 23.6 Å². The van der Waals surface area contributed by atoms with Gasteiger partial charge in [0, 0.05) is 36.2 Å². The smallest absolute Gasteiger partial charge is 0.0432 e. The molecule has 0 aromatic heterocycles. The summed E-state index contributed by atoms with van der Waals surface area (Å²) in [6.45, 7) is 10.4. The molecule has 15 heavy (non-hydrogen) atoms. The molecule has 4 atom stereocenters. The molecule has 2 rings (SSSR count). The molecule has 2 nitrogen and oxygen atoms in total. The Morgan fingerprint density at radius 1 is 1.27 bits per heavy atom. The summed E-state index contributed by atoms with van der Waals surface area (Å²) in [6.07, 6.45) is 1.29. The van der Waals surface area contributed by atoms with E-state index in [2.05, 4.69) is 37.4 Å². The van der Waals surface area contributed by atoms with Gasteiger partial charge >= 0.3 is 0 Å². The van der Waals surface area contributed by atoms with E-state index in [1.165, 1.54) is 25.3 Å². The standard InChI is InChI=1S/C12H24N2S/c1-9-5-14(6-10(9)2)12(7-13)4-11(3)15-8-12/h9-11H,4-8,13H2,1-3H3.